The summed E-state index contributed by atoms with van der Waals surface area (Å²) < 4.78 is 0. The predicted molar refractivity (Wildman–Crippen MR) is 124 cm³/mol. The van der Waals surface area contributed by atoms with Crippen LogP contribution in [0.25, 0.3) is 10.8 Å². The number of benzene rings is 3. The first-order chi connectivity index (χ1) is 15.1. The molecule has 1 fully saturated rings. The molecule has 0 aliphatic carbocycles. The van der Waals surface area contributed by atoms with Crippen molar-refractivity contribution in [3.63, 3.8) is 0 Å². The fourth-order valence-corrected chi connectivity index (χ4v) is 3.88. The molecule has 31 heavy (non-hydrogen) atoms. The predicted octanol–water partition coefficient (Wildman–Crippen LogP) is 3.12. The molecule has 3 aromatic rings. The highest BCUT2D eigenvalue weighted by molar-refractivity contribution is 6.02. The van der Waals surface area contributed by atoms with Crippen molar-refractivity contribution in [1.29, 1.82) is 0 Å². The van der Waals surface area contributed by atoms with Crippen LogP contribution in [0, 0.1) is 6.92 Å². The number of aryl methyl sites for hydroxylation is 1. The molecule has 3 aromatic carbocycles. The van der Waals surface area contributed by atoms with Crippen molar-refractivity contribution in [1.82, 2.24) is 15.2 Å². The van der Waals surface area contributed by atoms with Crippen LogP contribution in [0.4, 0.5) is 0 Å². The Bertz CT molecular complexity index is 1070. The van der Waals surface area contributed by atoms with E-state index in [1.165, 1.54) is 17.3 Å². The summed E-state index contributed by atoms with van der Waals surface area (Å²) in [5, 5.41) is 16.1. The Labute approximate surface area is 182 Å². The van der Waals surface area contributed by atoms with Crippen LogP contribution < -0.4 is 5.43 Å². The zero-order valence-electron chi connectivity index (χ0n) is 17.8. The number of nitrogens with zero attached hydrogens (tertiary/aromatic N) is 3. The summed E-state index contributed by atoms with van der Waals surface area (Å²) in [5.74, 6) is -0.00985. The van der Waals surface area contributed by atoms with E-state index in [0.717, 1.165) is 43.5 Å². The molecule has 0 saturated carbocycles. The number of rotatable bonds is 6. The van der Waals surface area contributed by atoms with Gasteiger partial charge in [-0.2, -0.15) is 5.10 Å². The zero-order valence-corrected chi connectivity index (χ0v) is 17.8. The lowest BCUT2D eigenvalue weighted by molar-refractivity contribution is -0.122. The van der Waals surface area contributed by atoms with E-state index in [0.29, 0.717) is 12.1 Å². The normalized spacial score (nSPS) is 15.5. The second-order valence-corrected chi connectivity index (χ2v) is 8.05. The first kappa shape index (κ1) is 21.0. The van der Waals surface area contributed by atoms with Crippen LogP contribution in [-0.4, -0.2) is 59.8 Å². The van der Waals surface area contributed by atoms with E-state index in [-0.39, 0.29) is 11.7 Å². The average Bonchev–Trinajstić information content (AvgIpc) is 2.78. The number of hydrogen-bond acceptors (Lipinski definition) is 5. The number of carbonyl (C=O) groups excluding carboxylic acids is 1. The number of aromatic hydroxyl groups is 1. The van der Waals surface area contributed by atoms with E-state index in [1.807, 2.05) is 30.3 Å². The first-order valence-corrected chi connectivity index (χ1v) is 10.6. The van der Waals surface area contributed by atoms with Crippen LogP contribution in [-0.2, 0) is 11.3 Å². The molecule has 1 amide bonds. The van der Waals surface area contributed by atoms with Crippen molar-refractivity contribution in [3.05, 3.63) is 77.4 Å². The summed E-state index contributed by atoms with van der Waals surface area (Å²) in [4.78, 5) is 16.9. The molecule has 1 aliphatic heterocycles. The summed E-state index contributed by atoms with van der Waals surface area (Å²) in [6, 6.07) is 19.9. The van der Waals surface area contributed by atoms with Gasteiger partial charge in [0.2, 0.25) is 0 Å². The summed E-state index contributed by atoms with van der Waals surface area (Å²) >= 11 is 0. The Balaban J connectivity index is 1.26. The maximum atomic E-state index is 12.3. The minimum atomic E-state index is -0.150. The van der Waals surface area contributed by atoms with Gasteiger partial charge in [-0.15, -0.1) is 0 Å². The Morgan fingerprint density at radius 3 is 2.48 bits per heavy atom. The lowest BCUT2D eigenvalue weighted by Gasteiger charge is -2.34. The van der Waals surface area contributed by atoms with Gasteiger partial charge in [0.25, 0.3) is 5.91 Å². The van der Waals surface area contributed by atoms with Crippen molar-refractivity contribution in [2.75, 3.05) is 32.7 Å². The highest BCUT2D eigenvalue weighted by Crippen LogP contribution is 2.25. The average molecular weight is 417 g/mol. The summed E-state index contributed by atoms with van der Waals surface area (Å²) in [7, 11) is 0. The number of nitrogens with one attached hydrogen (secondary N) is 1. The van der Waals surface area contributed by atoms with E-state index < -0.39 is 0 Å². The smallest absolute Gasteiger partial charge is 0.254 e. The molecular formula is C25H28N4O2. The van der Waals surface area contributed by atoms with Crippen molar-refractivity contribution >= 4 is 22.9 Å². The molecule has 4 rings (SSSR count). The molecule has 2 N–H and O–H groups in total. The van der Waals surface area contributed by atoms with Gasteiger partial charge in [0.05, 0.1) is 12.8 Å². The van der Waals surface area contributed by atoms with Crippen LogP contribution >= 0.6 is 0 Å². The van der Waals surface area contributed by atoms with E-state index in [4.69, 9.17) is 0 Å². The van der Waals surface area contributed by atoms with E-state index in [1.54, 1.807) is 6.07 Å². The number of amides is 1. The van der Waals surface area contributed by atoms with Crippen molar-refractivity contribution in [3.8, 4) is 5.75 Å². The van der Waals surface area contributed by atoms with Crippen LogP contribution in [0.2, 0.25) is 0 Å². The highest BCUT2D eigenvalue weighted by Gasteiger charge is 2.19. The van der Waals surface area contributed by atoms with Crippen LogP contribution in [0.3, 0.4) is 0 Å². The van der Waals surface area contributed by atoms with Crippen molar-refractivity contribution < 1.29 is 9.90 Å². The highest BCUT2D eigenvalue weighted by atomic mass is 16.3. The molecule has 0 bridgehead atoms. The Kier molecular flexibility index (Phi) is 6.60. The second-order valence-electron chi connectivity index (χ2n) is 8.05. The molecule has 0 aromatic heterocycles. The fourth-order valence-electron chi connectivity index (χ4n) is 3.88. The number of hydrogen-bond donors (Lipinski definition) is 2. The third-order valence-corrected chi connectivity index (χ3v) is 5.69. The third-order valence-electron chi connectivity index (χ3n) is 5.69. The third kappa shape index (κ3) is 5.48. The molecule has 0 atom stereocenters. The van der Waals surface area contributed by atoms with Gasteiger partial charge in [0.1, 0.15) is 5.75 Å². The van der Waals surface area contributed by atoms with Gasteiger partial charge in [0, 0.05) is 38.3 Å². The topological polar surface area (TPSA) is 68.2 Å². The summed E-state index contributed by atoms with van der Waals surface area (Å²) in [6.07, 6.45) is 1.51. The van der Waals surface area contributed by atoms with E-state index in [9.17, 15) is 9.90 Å². The molecule has 1 heterocycles. The monoisotopic (exact) mass is 416 g/mol. The number of piperazine rings is 1. The molecule has 0 unspecified atom stereocenters. The number of fused-ring (bicyclic) bond motifs is 1. The molecular weight excluding hydrogens is 388 g/mol. The second kappa shape index (κ2) is 9.73. The Morgan fingerprint density at radius 2 is 1.71 bits per heavy atom. The SMILES string of the molecule is Cc1ccc(CN2CCN(CC(=O)NN=Cc3c(O)ccc4ccccc34)CC2)cc1. The van der Waals surface area contributed by atoms with Crippen molar-refractivity contribution in [2.24, 2.45) is 5.10 Å². The number of hydrazone groups is 1. The van der Waals surface area contributed by atoms with Crippen LogP contribution in [0.5, 0.6) is 5.75 Å². The fraction of sp³-hybridized carbons (Fsp3) is 0.280. The number of phenols is 1. The van der Waals surface area contributed by atoms with Gasteiger partial charge in [-0.1, -0.05) is 60.2 Å². The van der Waals surface area contributed by atoms with Crippen LogP contribution in [0.15, 0.2) is 65.8 Å². The molecule has 1 aliphatic rings. The minimum absolute atomic E-state index is 0.140. The molecule has 0 spiro atoms. The van der Waals surface area contributed by atoms with Gasteiger partial charge in [-0.3, -0.25) is 14.6 Å². The van der Waals surface area contributed by atoms with Gasteiger partial charge in [-0.25, -0.2) is 5.43 Å². The quantitative estimate of drug-likeness (QED) is 0.479. The van der Waals surface area contributed by atoms with Gasteiger partial charge in [-0.05, 0) is 29.3 Å². The van der Waals surface area contributed by atoms with Gasteiger partial charge < -0.3 is 5.11 Å². The van der Waals surface area contributed by atoms with Crippen LogP contribution in [0.1, 0.15) is 16.7 Å². The van der Waals surface area contributed by atoms with E-state index >= 15 is 0 Å². The Hall–Kier alpha value is -3.22. The van der Waals surface area contributed by atoms with E-state index in [2.05, 4.69) is 51.5 Å². The maximum absolute atomic E-state index is 12.3. The largest absolute Gasteiger partial charge is 0.507 e. The minimum Gasteiger partial charge on any atom is -0.507 e. The van der Waals surface area contributed by atoms with Gasteiger partial charge in [0.15, 0.2) is 0 Å². The zero-order chi connectivity index (χ0) is 21.6. The van der Waals surface area contributed by atoms with Gasteiger partial charge >= 0.3 is 0 Å². The maximum Gasteiger partial charge on any atom is 0.254 e. The lowest BCUT2D eigenvalue weighted by Crippen LogP contribution is -2.48. The molecule has 160 valence electrons. The number of phenolic OH excluding ortho intramolecular Hbond substituents is 1. The standard InChI is InChI=1S/C25H28N4O2/c1-19-6-8-20(9-7-19)17-28-12-14-29(15-13-28)18-25(31)27-26-16-23-22-5-3-2-4-21(22)10-11-24(23)30/h2-11,16,30H,12-15,17-18H2,1H3,(H,27,31). The summed E-state index contributed by atoms with van der Waals surface area (Å²) in [5.41, 5.74) is 5.79. The molecule has 0 radical (unpaired) electrons. The Morgan fingerprint density at radius 1 is 1.00 bits per heavy atom. The van der Waals surface area contributed by atoms with Crippen molar-refractivity contribution in [2.45, 2.75) is 13.5 Å². The molecule has 6 nitrogen and oxygen atoms in total. The molecule has 6 heteroatoms. The summed E-state index contributed by atoms with van der Waals surface area (Å²) in [6.45, 7) is 6.95. The number of carbonyl (C=O) groups is 1. The molecule has 1 saturated heterocycles. The lowest BCUT2D eigenvalue weighted by atomic mass is 10.0. The first-order valence-electron chi connectivity index (χ1n) is 10.6.